The summed E-state index contributed by atoms with van der Waals surface area (Å²) in [5.41, 5.74) is 1.54. The van der Waals surface area contributed by atoms with Gasteiger partial charge >= 0.3 is 0 Å². The molecule has 0 amide bonds. The second-order valence-corrected chi connectivity index (χ2v) is 5.74. The maximum Gasteiger partial charge on any atom is 0.124 e. The third-order valence-corrected chi connectivity index (χ3v) is 4.92. The lowest BCUT2D eigenvalue weighted by Crippen LogP contribution is -2.59. The molecule has 2 aliphatic heterocycles. The van der Waals surface area contributed by atoms with Crippen molar-refractivity contribution in [2.75, 3.05) is 6.54 Å². The normalized spacial score (nSPS) is 38.8. The Hall–Kier alpha value is -1.02. The first-order valence-electron chi connectivity index (χ1n) is 6.90. The number of hydrogen-bond acceptors (Lipinski definition) is 2. The van der Waals surface area contributed by atoms with Gasteiger partial charge in [-0.25, -0.2) is 0 Å². The molecule has 2 nitrogen and oxygen atoms in total. The average molecular weight is 229 g/mol. The molecule has 2 heteroatoms. The topological polar surface area (TPSA) is 21.3 Å². The van der Waals surface area contributed by atoms with Crippen LogP contribution in [0.1, 0.15) is 43.7 Å². The number of ether oxygens (including phenoxy) is 1. The third kappa shape index (κ3) is 1.30. The summed E-state index contributed by atoms with van der Waals surface area (Å²) in [6, 6.07) is 9.13. The molecule has 1 N–H and O–H groups in total. The Bertz CT molecular complexity index is 440. The molecule has 0 unspecified atom stereocenters. The Balaban J connectivity index is 1.85. The average Bonchev–Trinajstić information content (AvgIpc) is 2.38. The van der Waals surface area contributed by atoms with Crippen molar-refractivity contribution in [2.45, 2.75) is 43.7 Å². The molecule has 0 spiro atoms. The zero-order valence-electron chi connectivity index (χ0n) is 10.1. The molecule has 2 bridgehead atoms. The van der Waals surface area contributed by atoms with E-state index in [1.54, 1.807) is 0 Å². The van der Waals surface area contributed by atoms with E-state index >= 15 is 0 Å². The molecule has 4 rings (SSSR count). The number of benzene rings is 1. The van der Waals surface area contributed by atoms with Crippen LogP contribution in [0.5, 0.6) is 5.75 Å². The van der Waals surface area contributed by atoms with Gasteiger partial charge in [0.05, 0.1) is 0 Å². The van der Waals surface area contributed by atoms with Gasteiger partial charge in [-0.05, 0) is 38.3 Å². The van der Waals surface area contributed by atoms with Crippen molar-refractivity contribution in [1.29, 1.82) is 0 Å². The standard InChI is InChI=1S/C15H19NO/c1-2-7-13-11(5-1)14-12-6-3-4-8-15(12,17-13)9-10-16-14/h1-2,5,7,12,14,16H,3-4,6,8-10H2/t12-,14-,15+/m0/s1. The molecular formula is C15H19NO. The minimum atomic E-state index is 0.155. The Kier molecular flexibility index (Phi) is 2.04. The number of para-hydroxylation sites is 1. The van der Waals surface area contributed by atoms with Crippen LogP contribution in [0.4, 0.5) is 0 Å². The first-order valence-corrected chi connectivity index (χ1v) is 6.90. The summed E-state index contributed by atoms with van der Waals surface area (Å²) in [4.78, 5) is 0. The second-order valence-electron chi connectivity index (χ2n) is 5.74. The van der Waals surface area contributed by atoms with Crippen molar-refractivity contribution >= 4 is 0 Å². The fourth-order valence-electron chi connectivity index (χ4n) is 4.15. The predicted octanol–water partition coefficient (Wildman–Crippen LogP) is 3.04. The Morgan fingerprint density at radius 3 is 3.12 bits per heavy atom. The van der Waals surface area contributed by atoms with Crippen LogP contribution < -0.4 is 10.1 Å². The highest BCUT2D eigenvalue weighted by Crippen LogP contribution is 2.53. The van der Waals surface area contributed by atoms with E-state index in [1.165, 1.54) is 37.7 Å². The first kappa shape index (κ1) is 9.95. The number of nitrogens with one attached hydrogen (secondary N) is 1. The lowest BCUT2D eigenvalue weighted by molar-refractivity contribution is -0.0817. The van der Waals surface area contributed by atoms with Crippen molar-refractivity contribution in [1.82, 2.24) is 5.32 Å². The summed E-state index contributed by atoms with van der Waals surface area (Å²) in [7, 11) is 0. The lowest BCUT2D eigenvalue weighted by Gasteiger charge is -2.54. The lowest BCUT2D eigenvalue weighted by atomic mass is 9.65. The SMILES string of the molecule is c1ccc2c(c1)O[C@@]13CCCC[C@H]1[C@H]2NCC3. The summed E-state index contributed by atoms with van der Waals surface area (Å²) in [5, 5.41) is 3.72. The highest BCUT2D eigenvalue weighted by molar-refractivity contribution is 5.40. The van der Waals surface area contributed by atoms with E-state index in [9.17, 15) is 0 Å². The molecule has 90 valence electrons. The van der Waals surface area contributed by atoms with Crippen LogP contribution in [-0.4, -0.2) is 12.1 Å². The van der Waals surface area contributed by atoms with Gasteiger partial charge in [-0.15, -0.1) is 0 Å². The van der Waals surface area contributed by atoms with Gasteiger partial charge in [-0.1, -0.05) is 24.6 Å². The van der Waals surface area contributed by atoms with Crippen molar-refractivity contribution < 1.29 is 4.74 Å². The van der Waals surface area contributed by atoms with Crippen molar-refractivity contribution in [3.05, 3.63) is 29.8 Å². The summed E-state index contributed by atoms with van der Waals surface area (Å²) in [6.45, 7) is 1.11. The molecule has 2 heterocycles. The van der Waals surface area contributed by atoms with E-state index in [0.29, 0.717) is 12.0 Å². The summed E-state index contributed by atoms with van der Waals surface area (Å²) >= 11 is 0. The number of hydrogen-bond donors (Lipinski definition) is 1. The minimum absolute atomic E-state index is 0.155. The Labute approximate surface area is 102 Å². The molecule has 17 heavy (non-hydrogen) atoms. The Morgan fingerprint density at radius 1 is 1.18 bits per heavy atom. The number of rotatable bonds is 0. The van der Waals surface area contributed by atoms with E-state index in [0.717, 1.165) is 12.3 Å². The van der Waals surface area contributed by atoms with E-state index < -0.39 is 0 Å². The molecule has 1 aliphatic carbocycles. The quantitative estimate of drug-likeness (QED) is 0.738. The summed E-state index contributed by atoms with van der Waals surface area (Å²) in [6.07, 6.45) is 6.47. The van der Waals surface area contributed by atoms with E-state index in [4.69, 9.17) is 4.74 Å². The van der Waals surface area contributed by atoms with Gasteiger partial charge in [-0.3, -0.25) is 0 Å². The highest BCUT2D eigenvalue weighted by atomic mass is 16.5. The van der Waals surface area contributed by atoms with Crippen molar-refractivity contribution in [3.8, 4) is 5.75 Å². The van der Waals surface area contributed by atoms with Crippen molar-refractivity contribution in [2.24, 2.45) is 5.92 Å². The van der Waals surface area contributed by atoms with Gasteiger partial charge in [-0.2, -0.15) is 0 Å². The predicted molar refractivity (Wildman–Crippen MR) is 67.1 cm³/mol. The van der Waals surface area contributed by atoms with Crippen LogP contribution in [0.25, 0.3) is 0 Å². The van der Waals surface area contributed by atoms with Crippen LogP contribution in [0.15, 0.2) is 24.3 Å². The fourth-order valence-corrected chi connectivity index (χ4v) is 4.15. The molecule has 3 atom stereocenters. The molecule has 0 radical (unpaired) electrons. The van der Waals surface area contributed by atoms with Gasteiger partial charge in [0.1, 0.15) is 11.4 Å². The van der Waals surface area contributed by atoms with Crippen LogP contribution in [0.2, 0.25) is 0 Å². The van der Waals surface area contributed by atoms with Gasteiger partial charge in [0, 0.05) is 17.5 Å². The molecule has 3 aliphatic rings. The molecule has 2 fully saturated rings. The smallest absolute Gasteiger partial charge is 0.124 e. The van der Waals surface area contributed by atoms with Crippen molar-refractivity contribution in [3.63, 3.8) is 0 Å². The fraction of sp³-hybridized carbons (Fsp3) is 0.600. The number of piperidine rings is 1. The molecule has 1 saturated carbocycles. The zero-order chi connectivity index (χ0) is 11.3. The molecule has 1 saturated heterocycles. The maximum absolute atomic E-state index is 6.45. The highest BCUT2D eigenvalue weighted by Gasteiger charge is 2.52. The maximum atomic E-state index is 6.45. The Morgan fingerprint density at radius 2 is 2.12 bits per heavy atom. The zero-order valence-corrected chi connectivity index (χ0v) is 10.1. The number of fused-ring (bicyclic) bond motifs is 2. The molecule has 1 aromatic rings. The summed E-state index contributed by atoms with van der Waals surface area (Å²) in [5.74, 6) is 1.82. The van der Waals surface area contributed by atoms with Crippen LogP contribution in [0.3, 0.4) is 0 Å². The third-order valence-electron chi connectivity index (χ3n) is 4.92. The van der Waals surface area contributed by atoms with E-state index in [-0.39, 0.29) is 5.60 Å². The van der Waals surface area contributed by atoms with Crippen LogP contribution >= 0.6 is 0 Å². The van der Waals surface area contributed by atoms with Crippen LogP contribution in [0, 0.1) is 5.92 Å². The van der Waals surface area contributed by atoms with Gasteiger partial charge in [0.2, 0.25) is 0 Å². The summed E-state index contributed by atoms with van der Waals surface area (Å²) < 4.78 is 6.45. The van der Waals surface area contributed by atoms with E-state index in [1.807, 2.05) is 0 Å². The largest absolute Gasteiger partial charge is 0.487 e. The first-order chi connectivity index (χ1) is 8.39. The molecule has 0 aromatic heterocycles. The molecule has 1 aromatic carbocycles. The van der Waals surface area contributed by atoms with E-state index in [2.05, 4.69) is 29.6 Å². The van der Waals surface area contributed by atoms with Crippen LogP contribution in [-0.2, 0) is 0 Å². The second kappa shape index (κ2) is 3.49. The van der Waals surface area contributed by atoms with Gasteiger partial charge < -0.3 is 10.1 Å². The monoisotopic (exact) mass is 229 g/mol. The molecular weight excluding hydrogens is 210 g/mol. The van der Waals surface area contributed by atoms with Gasteiger partial charge in [0.15, 0.2) is 0 Å². The minimum Gasteiger partial charge on any atom is -0.487 e. The van der Waals surface area contributed by atoms with Gasteiger partial charge in [0.25, 0.3) is 0 Å².